The maximum Gasteiger partial charge on any atom is 0.176 e. The summed E-state index contributed by atoms with van der Waals surface area (Å²) in [5.41, 5.74) is 0. The van der Waals surface area contributed by atoms with Crippen molar-refractivity contribution < 1.29 is 0 Å². The van der Waals surface area contributed by atoms with Gasteiger partial charge in [0.1, 0.15) is 19.7 Å². The second kappa shape index (κ2) is 4.73. The van der Waals surface area contributed by atoms with E-state index in [1.165, 1.54) is 34.4 Å². The van der Waals surface area contributed by atoms with E-state index >= 15 is 0 Å². The minimum atomic E-state index is -0.233. The van der Waals surface area contributed by atoms with E-state index < -0.39 is 0 Å². The Kier molecular flexibility index (Phi) is 3.55. The van der Waals surface area contributed by atoms with Crippen molar-refractivity contribution in [2.24, 2.45) is 0 Å². The van der Waals surface area contributed by atoms with Crippen LogP contribution in [0.3, 0.4) is 0 Å². The molecule has 0 N–H and O–H groups in total. The highest BCUT2D eigenvalue weighted by molar-refractivity contribution is 8.02. The number of aromatic nitrogens is 4. The maximum atomic E-state index is 6.17. The van der Waals surface area contributed by atoms with E-state index in [4.69, 9.17) is 11.6 Å². The van der Waals surface area contributed by atoms with Gasteiger partial charge in [-0.2, -0.15) is 0 Å². The smallest absolute Gasteiger partial charge is 0.144 e. The SMILES string of the molecule is Cc1nnc(SC(Cl)c2nnc(C)s2)s1. The van der Waals surface area contributed by atoms with Crippen molar-refractivity contribution in [1.82, 2.24) is 20.4 Å². The summed E-state index contributed by atoms with van der Waals surface area (Å²) in [4.78, 5) is 0. The van der Waals surface area contributed by atoms with Crippen LogP contribution in [-0.2, 0) is 0 Å². The maximum absolute atomic E-state index is 6.17. The monoisotopic (exact) mass is 278 g/mol. The van der Waals surface area contributed by atoms with Crippen molar-refractivity contribution in [3.63, 3.8) is 0 Å². The molecule has 2 aromatic heterocycles. The third-order valence-corrected chi connectivity index (χ3v) is 4.99. The first-order valence-electron chi connectivity index (χ1n) is 4.06. The molecule has 1 atom stereocenters. The normalized spacial score (nSPS) is 13.0. The van der Waals surface area contributed by atoms with Crippen molar-refractivity contribution in [3.8, 4) is 0 Å². The van der Waals surface area contributed by atoms with Crippen LogP contribution in [0.25, 0.3) is 0 Å². The van der Waals surface area contributed by atoms with Crippen LogP contribution in [0.4, 0.5) is 0 Å². The first-order valence-corrected chi connectivity index (χ1v) is 7.01. The molecular weight excluding hydrogens is 272 g/mol. The van der Waals surface area contributed by atoms with Gasteiger partial charge in [-0.05, 0) is 13.8 Å². The minimum Gasteiger partial charge on any atom is -0.144 e. The first-order chi connectivity index (χ1) is 7.15. The summed E-state index contributed by atoms with van der Waals surface area (Å²) in [5, 5.41) is 18.5. The molecule has 0 bridgehead atoms. The van der Waals surface area contributed by atoms with Crippen molar-refractivity contribution >= 4 is 46.0 Å². The number of halogens is 1. The molecule has 2 heterocycles. The summed E-state index contributed by atoms with van der Waals surface area (Å²) in [6.45, 7) is 3.82. The van der Waals surface area contributed by atoms with E-state index in [9.17, 15) is 0 Å². The highest BCUT2D eigenvalue weighted by Crippen LogP contribution is 2.40. The fraction of sp³-hybridized carbons (Fsp3) is 0.429. The second-order valence-electron chi connectivity index (χ2n) is 2.68. The summed E-state index contributed by atoms with van der Waals surface area (Å²) < 4.78 is 0.629. The fourth-order valence-corrected chi connectivity index (χ4v) is 3.98. The molecule has 8 heteroatoms. The summed E-state index contributed by atoms with van der Waals surface area (Å²) in [5.74, 6) is 0. The van der Waals surface area contributed by atoms with E-state index in [1.807, 2.05) is 13.8 Å². The summed E-state index contributed by atoms with van der Waals surface area (Å²) in [7, 11) is 0. The predicted octanol–water partition coefficient (Wildman–Crippen LogP) is 3.04. The van der Waals surface area contributed by atoms with Gasteiger partial charge >= 0.3 is 0 Å². The van der Waals surface area contributed by atoms with Gasteiger partial charge < -0.3 is 0 Å². The standard InChI is InChI=1S/C7H7ClN4S3/c1-3-9-11-6(13-3)5(8)15-7-12-10-4(2)14-7/h5H,1-2H3. The van der Waals surface area contributed by atoms with Crippen LogP contribution in [0.5, 0.6) is 0 Å². The lowest BCUT2D eigenvalue weighted by atomic mass is 10.8. The Morgan fingerprint density at radius 2 is 1.73 bits per heavy atom. The Morgan fingerprint density at radius 3 is 2.27 bits per heavy atom. The van der Waals surface area contributed by atoms with Gasteiger partial charge in [0.25, 0.3) is 0 Å². The molecule has 4 nitrogen and oxygen atoms in total. The molecule has 2 aromatic rings. The molecule has 15 heavy (non-hydrogen) atoms. The molecule has 0 amide bonds. The van der Waals surface area contributed by atoms with Crippen LogP contribution in [0.2, 0.25) is 0 Å². The zero-order valence-electron chi connectivity index (χ0n) is 7.97. The van der Waals surface area contributed by atoms with Crippen LogP contribution < -0.4 is 0 Å². The lowest BCUT2D eigenvalue weighted by Crippen LogP contribution is -1.84. The minimum absolute atomic E-state index is 0.233. The molecule has 0 fully saturated rings. The third kappa shape index (κ3) is 2.87. The van der Waals surface area contributed by atoms with Gasteiger partial charge in [-0.1, -0.05) is 34.4 Å². The van der Waals surface area contributed by atoms with Crippen molar-refractivity contribution in [3.05, 3.63) is 15.0 Å². The summed E-state index contributed by atoms with van der Waals surface area (Å²) >= 11 is 10.7. The van der Waals surface area contributed by atoms with Crippen LogP contribution in [0.15, 0.2) is 4.34 Å². The Bertz CT molecular complexity index is 455. The molecule has 0 aromatic carbocycles. The van der Waals surface area contributed by atoms with Gasteiger partial charge in [0.2, 0.25) is 0 Å². The Balaban J connectivity index is 2.06. The molecule has 0 spiro atoms. The third-order valence-electron chi connectivity index (χ3n) is 1.45. The highest BCUT2D eigenvalue weighted by atomic mass is 35.5. The van der Waals surface area contributed by atoms with Crippen molar-refractivity contribution in [2.75, 3.05) is 0 Å². The second-order valence-corrected chi connectivity index (χ2v) is 7.12. The van der Waals surface area contributed by atoms with Crippen molar-refractivity contribution in [2.45, 2.75) is 22.9 Å². The van der Waals surface area contributed by atoms with Gasteiger partial charge in [-0.15, -0.1) is 32.0 Å². The Hall–Kier alpha value is -0.240. The molecule has 0 saturated heterocycles. The lowest BCUT2D eigenvalue weighted by Gasteiger charge is -1.99. The van der Waals surface area contributed by atoms with Gasteiger partial charge in [0.05, 0.1) is 0 Å². The fourth-order valence-electron chi connectivity index (χ4n) is 0.869. The highest BCUT2D eigenvalue weighted by Gasteiger charge is 2.16. The average Bonchev–Trinajstić information content (AvgIpc) is 2.75. The Morgan fingerprint density at radius 1 is 1.07 bits per heavy atom. The van der Waals surface area contributed by atoms with E-state index in [1.54, 1.807) is 0 Å². The summed E-state index contributed by atoms with van der Waals surface area (Å²) in [6.07, 6.45) is 0. The van der Waals surface area contributed by atoms with E-state index in [2.05, 4.69) is 20.4 Å². The molecule has 0 aliphatic carbocycles. The lowest BCUT2D eigenvalue weighted by molar-refractivity contribution is 0.977. The van der Waals surface area contributed by atoms with Gasteiger partial charge in [0.15, 0.2) is 4.34 Å². The number of alkyl halides is 1. The van der Waals surface area contributed by atoms with E-state index in [-0.39, 0.29) is 4.71 Å². The molecule has 0 aliphatic rings. The molecular formula is C7H7ClN4S3. The first kappa shape index (κ1) is 11.3. The summed E-state index contributed by atoms with van der Waals surface area (Å²) in [6, 6.07) is 0. The Labute approximate surface area is 104 Å². The topological polar surface area (TPSA) is 51.6 Å². The number of aryl methyl sites for hydroxylation is 2. The number of hydrogen-bond acceptors (Lipinski definition) is 7. The number of nitrogens with zero attached hydrogens (tertiary/aromatic N) is 4. The molecule has 0 aliphatic heterocycles. The predicted molar refractivity (Wildman–Crippen MR) is 63.7 cm³/mol. The van der Waals surface area contributed by atoms with Crippen molar-refractivity contribution in [1.29, 1.82) is 0 Å². The van der Waals surface area contributed by atoms with Gasteiger partial charge in [-0.25, -0.2) is 0 Å². The van der Waals surface area contributed by atoms with Crippen LogP contribution in [0, 0.1) is 13.8 Å². The largest absolute Gasteiger partial charge is 0.176 e. The number of thioether (sulfide) groups is 1. The quantitative estimate of drug-likeness (QED) is 0.638. The average molecular weight is 279 g/mol. The number of hydrogen-bond donors (Lipinski definition) is 0. The van der Waals surface area contributed by atoms with E-state index in [0.717, 1.165) is 19.4 Å². The van der Waals surface area contributed by atoms with E-state index in [0.29, 0.717) is 0 Å². The van der Waals surface area contributed by atoms with Crippen LogP contribution in [-0.4, -0.2) is 20.4 Å². The van der Waals surface area contributed by atoms with Gasteiger partial charge in [0, 0.05) is 0 Å². The van der Waals surface area contributed by atoms with Gasteiger partial charge in [-0.3, -0.25) is 0 Å². The number of rotatable bonds is 3. The molecule has 2 rings (SSSR count). The zero-order valence-corrected chi connectivity index (χ0v) is 11.2. The molecule has 80 valence electrons. The molecule has 0 radical (unpaired) electrons. The van der Waals surface area contributed by atoms with Crippen LogP contribution >= 0.6 is 46.0 Å². The zero-order chi connectivity index (χ0) is 10.8. The molecule has 0 saturated carbocycles. The van der Waals surface area contributed by atoms with Crippen LogP contribution in [0.1, 0.15) is 19.7 Å². The molecule has 1 unspecified atom stereocenters.